The smallest absolute Gasteiger partial charge is 0.334 e. The van der Waals surface area contributed by atoms with Crippen molar-refractivity contribution in [3.63, 3.8) is 0 Å². The first-order valence-corrected chi connectivity index (χ1v) is 7.48. The van der Waals surface area contributed by atoms with Crippen molar-refractivity contribution in [3.8, 4) is 5.75 Å². The summed E-state index contributed by atoms with van der Waals surface area (Å²) in [6, 6.07) is 3.10. The first kappa shape index (κ1) is 18.1. The molecule has 0 N–H and O–H groups in total. The monoisotopic (exact) mass is 347 g/mol. The van der Waals surface area contributed by atoms with E-state index >= 15 is 0 Å². The van der Waals surface area contributed by atoms with Gasteiger partial charge in [0.05, 0.1) is 17.6 Å². The Labute approximate surface area is 143 Å². The molecule has 9 nitrogen and oxygen atoms in total. The number of non-ortho nitro benzene ring substituents is 1. The Kier molecular flexibility index (Phi) is 5.16. The number of nitrogens with zero attached hydrogens (tertiary/aromatic N) is 3. The number of ether oxygens (including phenoxy) is 1. The Morgan fingerprint density at radius 1 is 1.24 bits per heavy atom. The molecule has 0 spiro atoms. The van der Waals surface area contributed by atoms with Gasteiger partial charge in [-0.2, -0.15) is 0 Å². The number of rotatable bonds is 7. The van der Waals surface area contributed by atoms with Crippen molar-refractivity contribution < 1.29 is 24.0 Å². The van der Waals surface area contributed by atoms with E-state index in [2.05, 4.69) is 6.58 Å². The number of hydrogen-bond acceptors (Lipinski definition) is 6. The van der Waals surface area contributed by atoms with E-state index in [-0.39, 0.29) is 30.4 Å². The summed E-state index contributed by atoms with van der Waals surface area (Å²) >= 11 is 0. The molecule has 0 aliphatic carbocycles. The molecule has 9 heteroatoms. The predicted molar refractivity (Wildman–Crippen MR) is 86.7 cm³/mol. The molecule has 0 aromatic heterocycles. The summed E-state index contributed by atoms with van der Waals surface area (Å²) in [5, 5.41) is 11.0. The highest BCUT2D eigenvalue weighted by atomic mass is 16.6. The van der Waals surface area contributed by atoms with Gasteiger partial charge < -0.3 is 4.74 Å². The standard InChI is InChI=1S/C16H17N3O6/c1-4-7-17-14(20)15(21)18(16(17)22)9-11-8-12(19(23)24)5-6-13(11)25-10(2)3/h4-6,8,10H,1,7,9H2,2-3H3. The third kappa shape index (κ3) is 3.65. The van der Waals surface area contributed by atoms with Crippen LogP contribution in [-0.2, 0) is 16.1 Å². The van der Waals surface area contributed by atoms with Crippen LogP contribution in [0.15, 0.2) is 30.9 Å². The van der Waals surface area contributed by atoms with Gasteiger partial charge >= 0.3 is 17.8 Å². The first-order valence-electron chi connectivity index (χ1n) is 7.48. The third-order valence-corrected chi connectivity index (χ3v) is 3.39. The molecule has 1 saturated heterocycles. The fourth-order valence-corrected chi connectivity index (χ4v) is 2.32. The highest BCUT2D eigenvalue weighted by Crippen LogP contribution is 2.28. The van der Waals surface area contributed by atoms with Gasteiger partial charge in [0.1, 0.15) is 5.75 Å². The SMILES string of the molecule is C=CCN1C(=O)C(=O)N(Cc2cc([N+](=O)[O-])ccc2OC(C)C)C1=O. The van der Waals surface area contributed by atoms with Crippen molar-refractivity contribution in [3.05, 3.63) is 46.5 Å². The molecule has 1 aromatic carbocycles. The normalized spacial score (nSPS) is 14.4. The number of hydrogen-bond donors (Lipinski definition) is 0. The molecule has 1 aliphatic rings. The van der Waals surface area contributed by atoms with Crippen LogP contribution in [0.2, 0.25) is 0 Å². The van der Waals surface area contributed by atoms with Gasteiger partial charge in [-0.15, -0.1) is 6.58 Å². The van der Waals surface area contributed by atoms with Gasteiger partial charge in [-0.1, -0.05) is 6.08 Å². The van der Waals surface area contributed by atoms with E-state index in [0.717, 1.165) is 9.80 Å². The number of nitro benzene ring substituents is 1. The molecular formula is C16H17N3O6. The Morgan fingerprint density at radius 3 is 2.44 bits per heavy atom. The average molecular weight is 347 g/mol. The number of benzene rings is 1. The molecule has 0 bridgehead atoms. The molecule has 1 fully saturated rings. The molecule has 1 heterocycles. The van der Waals surface area contributed by atoms with Gasteiger partial charge in [0.25, 0.3) is 5.69 Å². The molecule has 1 aromatic rings. The number of carbonyl (C=O) groups is 3. The summed E-state index contributed by atoms with van der Waals surface area (Å²) in [5.74, 6) is -1.65. The van der Waals surface area contributed by atoms with E-state index < -0.39 is 22.8 Å². The molecule has 0 radical (unpaired) electrons. The molecule has 1 aliphatic heterocycles. The van der Waals surface area contributed by atoms with Gasteiger partial charge in [0, 0.05) is 24.2 Å². The van der Waals surface area contributed by atoms with Crippen LogP contribution in [-0.4, -0.2) is 45.2 Å². The van der Waals surface area contributed by atoms with E-state index in [1.54, 1.807) is 13.8 Å². The summed E-state index contributed by atoms with van der Waals surface area (Å²) in [4.78, 5) is 48.1. The summed E-state index contributed by atoms with van der Waals surface area (Å²) in [6.45, 7) is 6.58. The number of amides is 4. The zero-order chi connectivity index (χ0) is 18.7. The quantitative estimate of drug-likeness (QED) is 0.245. The van der Waals surface area contributed by atoms with E-state index in [9.17, 15) is 24.5 Å². The van der Waals surface area contributed by atoms with Crippen molar-refractivity contribution >= 4 is 23.5 Å². The van der Waals surface area contributed by atoms with E-state index in [1.165, 1.54) is 24.3 Å². The van der Waals surface area contributed by atoms with Crippen LogP contribution in [0.1, 0.15) is 19.4 Å². The largest absolute Gasteiger partial charge is 0.491 e. The summed E-state index contributed by atoms with van der Waals surface area (Å²) in [5.41, 5.74) is 0.0531. The lowest BCUT2D eigenvalue weighted by Gasteiger charge is -2.18. The fourth-order valence-electron chi connectivity index (χ4n) is 2.32. The molecule has 2 rings (SSSR count). The maximum atomic E-state index is 12.3. The van der Waals surface area contributed by atoms with Gasteiger partial charge in [-0.05, 0) is 19.9 Å². The summed E-state index contributed by atoms with van der Waals surface area (Å²) < 4.78 is 5.58. The minimum absolute atomic E-state index is 0.0931. The number of carbonyl (C=O) groups excluding carboxylic acids is 3. The zero-order valence-electron chi connectivity index (χ0n) is 13.8. The minimum atomic E-state index is -0.992. The molecule has 0 atom stereocenters. The summed E-state index contributed by atoms with van der Waals surface area (Å²) in [6.07, 6.45) is 1.11. The van der Waals surface area contributed by atoms with Crippen LogP contribution < -0.4 is 4.74 Å². The fraction of sp³-hybridized carbons (Fsp3) is 0.312. The maximum absolute atomic E-state index is 12.3. The molecule has 4 amide bonds. The number of nitro groups is 1. The lowest BCUT2D eigenvalue weighted by atomic mass is 10.1. The second-order valence-corrected chi connectivity index (χ2v) is 5.59. The highest BCUT2D eigenvalue weighted by Gasteiger charge is 2.44. The van der Waals surface area contributed by atoms with E-state index in [1.807, 2.05) is 0 Å². The van der Waals surface area contributed by atoms with Crippen molar-refractivity contribution in [1.29, 1.82) is 0 Å². The third-order valence-electron chi connectivity index (χ3n) is 3.39. The van der Waals surface area contributed by atoms with Crippen LogP contribution in [0.5, 0.6) is 5.75 Å². The highest BCUT2D eigenvalue weighted by molar-refractivity contribution is 6.44. The average Bonchev–Trinajstić information content (AvgIpc) is 2.74. The minimum Gasteiger partial charge on any atom is -0.491 e. The van der Waals surface area contributed by atoms with E-state index in [0.29, 0.717) is 5.75 Å². The van der Waals surface area contributed by atoms with Crippen molar-refractivity contribution in [2.75, 3.05) is 6.54 Å². The predicted octanol–water partition coefficient (Wildman–Crippen LogP) is 1.86. The van der Waals surface area contributed by atoms with Crippen LogP contribution >= 0.6 is 0 Å². The molecular weight excluding hydrogens is 330 g/mol. The van der Waals surface area contributed by atoms with Gasteiger partial charge in [0.2, 0.25) is 0 Å². The zero-order valence-corrected chi connectivity index (χ0v) is 13.8. The Morgan fingerprint density at radius 2 is 1.88 bits per heavy atom. The van der Waals surface area contributed by atoms with Crippen molar-refractivity contribution in [2.24, 2.45) is 0 Å². The van der Waals surface area contributed by atoms with Crippen LogP contribution in [0.25, 0.3) is 0 Å². The van der Waals surface area contributed by atoms with Gasteiger partial charge in [-0.25, -0.2) is 4.79 Å². The topological polar surface area (TPSA) is 110 Å². The van der Waals surface area contributed by atoms with Gasteiger partial charge in [0.15, 0.2) is 0 Å². The van der Waals surface area contributed by atoms with Crippen LogP contribution in [0, 0.1) is 10.1 Å². The number of imide groups is 2. The lowest BCUT2D eigenvalue weighted by molar-refractivity contribution is -0.385. The molecule has 0 unspecified atom stereocenters. The Balaban J connectivity index is 2.37. The van der Waals surface area contributed by atoms with E-state index in [4.69, 9.17) is 4.74 Å². The second kappa shape index (κ2) is 7.12. The molecule has 132 valence electrons. The van der Waals surface area contributed by atoms with Crippen LogP contribution in [0.4, 0.5) is 10.5 Å². The van der Waals surface area contributed by atoms with Crippen molar-refractivity contribution in [1.82, 2.24) is 9.80 Å². The Bertz CT molecular complexity index is 758. The Hall–Kier alpha value is -3.23. The maximum Gasteiger partial charge on any atom is 0.334 e. The second-order valence-electron chi connectivity index (χ2n) is 5.59. The first-order chi connectivity index (χ1) is 11.8. The molecule has 25 heavy (non-hydrogen) atoms. The molecule has 0 saturated carbocycles. The lowest BCUT2D eigenvalue weighted by Crippen LogP contribution is -2.33. The van der Waals surface area contributed by atoms with Gasteiger partial charge in [-0.3, -0.25) is 29.5 Å². The van der Waals surface area contributed by atoms with Crippen LogP contribution in [0.3, 0.4) is 0 Å². The number of urea groups is 1. The summed E-state index contributed by atoms with van der Waals surface area (Å²) in [7, 11) is 0. The van der Waals surface area contributed by atoms with Crippen molar-refractivity contribution in [2.45, 2.75) is 26.5 Å².